The summed E-state index contributed by atoms with van der Waals surface area (Å²) in [6, 6.07) is 21.7. The van der Waals surface area contributed by atoms with Crippen LogP contribution < -0.4 is 5.63 Å². The van der Waals surface area contributed by atoms with Gasteiger partial charge < -0.3 is 9.52 Å². The summed E-state index contributed by atoms with van der Waals surface area (Å²) in [4.78, 5) is 12.2. The first-order valence-corrected chi connectivity index (χ1v) is 9.42. The molecule has 1 heterocycles. The summed E-state index contributed by atoms with van der Waals surface area (Å²) < 4.78 is 5.54. The van der Waals surface area contributed by atoms with Crippen molar-refractivity contribution in [2.45, 2.75) is 20.3 Å². The van der Waals surface area contributed by atoms with Crippen molar-refractivity contribution in [3.05, 3.63) is 93.8 Å². The topological polar surface area (TPSA) is 50.4 Å². The minimum atomic E-state index is -0.341. The highest BCUT2D eigenvalue weighted by atomic mass is 16.4. The molecule has 3 heteroatoms. The van der Waals surface area contributed by atoms with Crippen LogP contribution in [0.4, 0.5) is 0 Å². The van der Waals surface area contributed by atoms with Crippen molar-refractivity contribution in [3.8, 4) is 22.3 Å². The van der Waals surface area contributed by atoms with Gasteiger partial charge in [-0.25, -0.2) is 4.79 Å². The minimum absolute atomic E-state index is 0.146. The fourth-order valence-electron chi connectivity index (χ4n) is 3.95. The van der Waals surface area contributed by atoms with Gasteiger partial charge in [0.25, 0.3) is 0 Å². The molecule has 0 bridgehead atoms. The second-order valence-electron chi connectivity index (χ2n) is 7.08. The van der Waals surface area contributed by atoms with E-state index in [-0.39, 0.29) is 12.2 Å². The van der Waals surface area contributed by atoms with Crippen molar-refractivity contribution in [1.82, 2.24) is 0 Å². The maximum atomic E-state index is 12.2. The molecule has 28 heavy (non-hydrogen) atoms. The second-order valence-corrected chi connectivity index (χ2v) is 7.08. The lowest BCUT2D eigenvalue weighted by Crippen LogP contribution is -2.01. The molecule has 0 radical (unpaired) electrons. The third kappa shape index (κ3) is 3.25. The first-order chi connectivity index (χ1) is 13.6. The Kier molecular flexibility index (Phi) is 4.84. The molecule has 4 rings (SSSR count). The van der Waals surface area contributed by atoms with Gasteiger partial charge in [0.05, 0.1) is 0 Å². The first-order valence-electron chi connectivity index (χ1n) is 9.42. The molecule has 0 saturated heterocycles. The molecule has 0 aliphatic rings. The molecule has 1 N–H and O–H groups in total. The number of fused-ring (bicyclic) bond motifs is 1. The number of aryl methyl sites for hydroxylation is 2. The Morgan fingerprint density at radius 1 is 0.893 bits per heavy atom. The Bertz CT molecular complexity index is 1190. The Balaban J connectivity index is 1.99. The molecular weight excluding hydrogens is 348 g/mol. The highest BCUT2D eigenvalue weighted by molar-refractivity contribution is 6.00. The number of aliphatic hydroxyl groups excluding tert-OH is 1. The van der Waals surface area contributed by atoms with Crippen LogP contribution in [-0.2, 0) is 6.42 Å². The van der Waals surface area contributed by atoms with Crippen molar-refractivity contribution in [3.63, 3.8) is 0 Å². The maximum Gasteiger partial charge on any atom is 0.336 e. The fraction of sp³-hybridized carbons (Fsp3) is 0.160. The molecule has 0 atom stereocenters. The van der Waals surface area contributed by atoms with Gasteiger partial charge >= 0.3 is 5.63 Å². The van der Waals surface area contributed by atoms with Gasteiger partial charge in [0.1, 0.15) is 5.58 Å². The van der Waals surface area contributed by atoms with Gasteiger partial charge in [-0.2, -0.15) is 0 Å². The number of hydrogen-bond acceptors (Lipinski definition) is 3. The predicted molar refractivity (Wildman–Crippen MR) is 114 cm³/mol. The van der Waals surface area contributed by atoms with Gasteiger partial charge in [0.2, 0.25) is 0 Å². The predicted octanol–water partition coefficient (Wildman–Crippen LogP) is 5.28. The van der Waals surface area contributed by atoms with Gasteiger partial charge in [-0.1, -0.05) is 54.6 Å². The monoisotopic (exact) mass is 370 g/mol. The zero-order valence-electron chi connectivity index (χ0n) is 16.0. The van der Waals surface area contributed by atoms with Crippen LogP contribution in [0.3, 0.4) is 0 Å². The van der Waals surface area contributed by atoms with Crippen molar-refractivity contribution < 1.29 is 9.52 Å². The van der Waals surface area contributed by atoms with Crippen molar-refractivity contribution in [2.75, 3.05) is 6.61 Å². The molecule has 0 aliphatic heterocycles. The van der Waals surface area contributed by atoms with Crippen LogP contribution in [0.15, 0.2) is 75.9 Å². The molecule has 0 aliphatic carbocycles. The summed E-state index contributed by atoms with van der Waals surface area (Å²) in [5.41, 5.74) is 7.68. The highest BCUT2D eigenvalue weighted by Crippen LogP contribution is 2.37. The third-order valence-corrected chi connectivity index (χ3v) is 5.21. The SMILES string of the molecule is Cc1cc2oc(=O)cc(-c3ccccc3)c2c(C)c1-c1ccc(CCO)cc1. The van der Waals surface area contributed by atoms with E-state index in [2.05, 4.69) is 31.2 Å². The summed E-state index contributed by atoms with van der Waals surface area (Å²) in [5.74, 6) is 0. The zero-order chi connectivity index (χ0) is 19.7. The van der Waals surface area contributed by atoms with Crippen LogP contribution in [0, 0.1) is 13.8 Å². The number of benzene rings is 3. The third-order valence-electron chi connectivity index (χ3n) is 5.21. The van der Waals surface area contributed by atoms with Gasteiger partial charge in [0.15, 0.2) is 0 Å². The Morgan fingerprint density at radius 3 is 2.29 bits per heavy atom. The van der Waals surface area contributed by atoms with Crippen molar-refractivity contribution in [1.29, 1.82) is 0 Å². The Hall–Kier alpha value is -3.17. The molecule has 0 unspecified atom stereocenters. The molecule has 1 aromatic heterocycles. The van der Waals surface area contributed by atoms with Crippen LogP contribution in [0.2, 0.25) is 0 Å². The van der Waals surface area contributed by atoms with Gasteiger partial charge in [0, 0.05) is 23.6 Å². The molecule has 3 nitrogen and oxygen atoms in total. The van der Waals surface area contributed by atoms with Crippen molar-refractivity contribution in [2.24, 2.45) is 0 Å². The van der Waals surface area contributed by atoms with Crippen molar-refractivity contribution >= 4 is 11.0 Å². The van der Waals surface area contributed by atoms with E-state index in [1.54, 1.807) is 6.07 Å². The first kappa shape index (κ1) is 18.2. The van der Waals surface area contributed by atoms with E-state index < -0.39 is 0 Å². The van der Waals surface area contributed by atoms with Crippen LogP contribution in [-0.4, -0.2) is 11.7 Å². The molecule has 4 aromatic rings. The summed E-state index contributed by atoms with van der Waals surface area (Å²) in [6.07, 6.45) is 0.652. The summed E-state index contributed by atoms with van der Waals surface area (Å²) in [7, 11) is 0. The van der Waals surface area contributed by atoms with Crippen LogP contribution in [0.25, 0.3) is 33.2 Å². The molecular formula is C25H22O3. The van der Waals surface area contributed by atoms with Crippen LogP contribution >= 0.6 is 0 Å². The molecule has 0 fully saturated rings. The maximum absolute atomic E-state index is 12.2. The summed E-state index contributed by atoms with van der Waals surface area (Å²) in [5, 5.41) is 10.1. The average molecular weight is 370 g/mol. The standard InChI is InChI=1S/C25H22O3/c1-16-14-22-25(21(15-23(27)28-22)19-6-4-3-5-7-19)17(2)24(16)20-10-8-18(9-11-20)12-13-26/h3-11,14-15,26H,12-13H2,1-2H3. The highest BCUT2D eigenvalue weighted by Gasteiger charge is 2.16. The lowest BCUT2D eigenvalue weighted by Gasteiger charge is -2.16. The number of hydrogen-bond donors (Lipinski definition) is 1. The van der Waals surface area contributed by atoms with E-state index in [1.807, 2.05) is 43.3 Å². The van der Waals surface area contributed by atoms with Gasteiger partial charge in [-0.15, -0.1) is 0 Å². The average Bonchev–Trinajstić information content (AvgIpc) is 2.69. The smallest absolute Gasteiger partial charge is 0.336 e. The van der Waals surface area contributed by atoms with E-state index in [0.717, 1.165) is 44.3 Å². The fourth-order valence-corrected chi connectivity index (χ4v) is 3.95. The molecule has 0 spiro atoms. The molecule has 0 amide bonds. The van der Waals surface area contributed by atoms with E-state index in [9.17, 15) is 4.79 Å². The van der Waals surface area contributed by atoms with Crippen LogP contribution in [0.1, 0.15) is 16.7 Å². The molecule has 3 aromatic carbocycles. The van der Waals surface area contributed by atoms with Crippen LogP contribution in [0.5, 0.6) is 0 Å². The zero-order valence-corrected chi connectivity index (χ0v) is 16.0. The molecule has 140 valence electrons. The van der Waals surface area contributed by atoms with Gasteiger partial charge in [-0.05, 0) is 59.7 Å². The van der Waals surface area contributed by atoms with E-state index in [4.69, 9.17) is 9.52 Å². The number of aliphatic hydroxyl groups is 1. The summed E-state index contributed by atoms with van der Waals surface area (Å²) in [6.45, 7) is 4.27. The Morgan fingerprint density at radius 2 is 1.61 bits per heavy atom. The lowest BCUT2D eigenvalue weighted by molar-refractivity contribution is 0.299. The summed E-state index contributed by atoms with van der Waals surface area (Å²) >= 11 is 0. The van der Waals surface area contributed by atoms with E-state index in [1.165, 1.54) is 0 Å². The quantitative estimate of drug-likeness (QED) is 0.497. The second kappa shape index (κ2) is 7.45. The minimum Gasteiger partial charge on any atom is -0.423 e. The van der Waals surface area contributed by atoms with E-state index >= 15 is 0 Å². The normalized spacial score (nSPS) is 11.1. The van der Waals surface area contributed by atoms with E-state index in [0.29, 0.717) is 12.0 Å². The lowest BCUT2D eigenvalue weighted by atomic mass is 9.89. The Labute approximate surface area is 163 Å². The number of rotatable bonds is 4. The molecule has 0 saturated carbocycles. The largest absolute Gasteiger partial charge is 0.423 e. The van der Waals surface area contributed by atoms with Gasteiger partial charge in [-0.3, -0.25) is 0 Å².